The normalized spacial score (nSPS) is 12.7. The molecule has 0 aliphatic rings. The van der Waals surface area contributed by atoms with E-state index in [1.54, 1.807) is 6.20 Å². The van der Waals surface area contributed by atoms with Crippen LogP contribution in [0.15, 0.2) is 42.9 Å². The Labute approximate surface area is 124 Å². The average Bonchev–Trinajstić information content (AvgIpc) is 2.85. The van der Waals surface area contributed by atoms with Gasteiger partial charge in [0.15, 0.2) is 5.88 Å². The van der Waals surface area contributed by atoms with Crippen molar-refractivity contribution in [2.75, 3.05) is 0 Å². The number of fused-ring (bicyclic) bond motifs is 1. The van der Waals surface area contributed by atoms with Crippen LogP contribution in [0.5, 0.6) is 5.88 Å². The molecule has 2 heterocycles. The second-order valence-electron chi connectivity index (χ2n) is 5.62. The maximum Gasteiger partial charge on any atom is 0.199 e. The maximum absolute atomic E-state index is 10.5. The summed E-state index contributed by atoms with van der Waals surface area (Å²) < 4.78 is 1.96. The summed E-state index contributed by atoms with van der Waals surface area (Å²) in [4.78, 5) is 4.18. The van der Waals surface area contributed by atoms with E-state index in [0.29, 0.717) is 11.9 Å². The Morgan fingerprint density at radius 1 is 1.29 bits per heavy atom. The number of hydrogen-bond acceptors (Lipinski definition) is 2. The van der Waals surface area contributed by atoms with Crippen LogP contribution in [0.2, 0.25) is 0 Å². The summed E-state index contributed by atoms with van der Waals surface area (Å²) in [5.74, 6) is 0.370. The molecule has 3 aromatic rings. The summed E-state index contributed by atoms with van der Waals surface area (Å²) in [5, 5.41) is 12.5. The molecule has 0 amide bonds. The van der Waals surface area contributed by atoms with Crippen LogP contribution in [0, 0.1) is 6.92 Å². The highest BCUT2D eigenvalue weighted by Crippen LogP contribution is 2.36. The van der Waals surface area contributed by atoms with E-state index < -0.39 is 0 Å². The molecule has 21 heavy (non-hydrogen) atoms. The van der Waals surface area contributed by atoms with Gasteiger partial charge in [-0.1, -0.05) is 19.1 Å². The fourth-order valence-electron chi connectivity index (χ4n) is 2.79. The smallest absolute Gasteiger partial charge is 0.199 e. The summed E-state index contributed by atoms with van der Waals surface area (Å²) in [6.07, 6.45) is 6.68. The van der Waals surface area contributed by atoms with Crippen LogP contribution in [-0.4, -0.2) is 14.7 Å². The van der Waals surface area contributed by atoms with Crippen molar-refractivity contribution in [2.24, 2.45) is 0 Å². The third kappa shape index (κ3) is 2.29. The van der Waals surface area contributed by atoms with Gasteiger partial charge in [0, 0.05) is 41.0 Å². The van der Waals surface area contributed by atoms with Gasteiger partial charge < -0.3 is 9.67 Å². The predicted octanol–water partition coefficient (Wildman–Crippen LogP) is 4.69. The fraction of sp³-hybridized carbons (Fsp3) is 0.278. The predicted molar refractivity (Wildman–Crippen MR) is 86.6 cm³/mol. The van der Waals surface area contributed by atoms with Crippen molar-refractivity contribution in [2.45, 2.75) is 33.2 Å². The Morgan fingerprint density at radius 2 is 2.10 bits per heavy atom. The fourth-order valence-corrected chi connectivity index (χ4v) is 2.79. The van der Waals surface area contributed by atoms with Gasteiger partial charge in [-0.3, -0.25) is 4.98 Å². The third-order valence-corrected chi connectivity index (χ3v) is 4.17. The zero-order chi connectivity index (χ0) is 15.0. The first-order chi connectivity index (χ1) is 10.1. The van der Waals surface area contributed by atoms with Crippen LogP contribution in [0.4, 0.5) is 0 Å². The van der Waals surface area contributed by atoms with Crippen molar-refractivity contribution in [1.29, 1.82) is 0 Å². The molecule has 0 saturated heterocycles. The quantitative estimate of drug-likeness (QED) is 0.756. The number of nitrogens with zero attached hydrogens (tertiary/aromatic N) is 2. The highest BCUT2D eigenvalue weighted by molar-refractivity contribution is 5.94. The van der Waals surface area contributed by atoms with Gasteiger partial charge in [0.25, 0.3) is 0 Å². The first-order valence-electron chi connectivity index (χ1n) is 7.36. The lowest BCUT2D eigenvalue weighted by atomic mass is 10.0. The number of aromatic hydroxyl groups is 1. The second-order valence-corrected chi connectivity index (χ2v) is 5.62. The van der Waals surface area contributed by atoms with E-state index >= 15 is 0 Å². The standard InChI is InChI=1S/C18H20N2O/c1-4-13(3)20-11-16-9-15(14-6-5-7-19-10-14)8-12(2)17(16)18(20)21/h5-11,13,21H,4H2,1-3H3. The van der Waals surface area contributed by atoms with E-state index in [1.807, 2.05) is 30.0 Å². The summed E-state index contributed by atoms with van der Waals surface area (Å²) in [7, 11) is 0. The molecule has 1 unspecified atom stereocenters. The minimum atomic E-state index is 0.290. The van der Waals surface area contributed by atoms with Crippen LogP contribution in [0.1, 0.15) is 31.9 Å². The van der Waals surface area contributed by atoms with Crippen LogP contribution in [0.25, 0.3) is 21.9 Å². The van der Waals surface area contributed by atoms with Crippen molar-refractivity contribution >= 4 is 10.8 Å². The number of rotatable bonds is 3. The number of aryl methyl sites for hydroxylation is 1. The van der Waals surface area contributed by atoms with Gasteiger partial charge in [-0.05, 0) is 43.5 Å². The molecule has 0 radical (unpaired) electrons. The van der Waals surface area contributed by atoms with Gasteiger partial charge in [-0.15, -0.1) is 0 Å². The molecule has 108 valence electrons. The second kappa shape index (κ2) is 5.24. The molecular formula is C18H20N2O. The van der Waals surface area contributed by atoms with E-state index in [4.69, 9.17) is 0 Å². The van der Waals surface area contributed by atoms with Gasteiger partial charge in [0.05, 0.1) is 0 Å². The maximum atomic E-state index is 10.5. The van der Waals surface area contributed by atoms with Crippen LogP contribution in [-0.2, 0) is 0 Å². The van der Waals surface area contributed by atoms with Crippen LogP contribution < -0.4 is 0 Å². The molecule has 0 aliphatic carbocycles. The zero-order valence-electron chi connectivity index (χ0n) is 12.7. The van der Waals surface area contributed by atoms with Gasteiger partial charge >= 0.3 is 0 Å². The van der Waals surface area contributed by atoms with Gasteiger partial charge in [0.2, 0.25) is 0 Å². The van der Waals surface area contributed by atoms with Gasteiger partial charge in [-0.2, -0.15) is 0 Å². The van der Waals surface area contributed by atoms with Crippen molar-refractivity contribution in [3.8, 4) is 17.0 Å². The minimum absolute atomic E-state index is 0.290. The molecule has 0 saturated carbocycles. The zero-order valence-corrected chi connectivity index (χ0v) is 12.7. The number of benzene rings is 1. The van der Waals surface area contributed by atoms with E-state index in [9.17, 15) is 5.11 Å². The molecule has 0 spiro atoms. The monoisotopic (exact) mass is 280 g/mol. The summed E-state index contributed by atoms with van der Waals surface area (Å²) in [5.41, 5.74) is 3.32. The van der Waals surface area contributed by atoms with Gasteiger partial charge in [-0.25, -0.2) is 0 Å². The molecule has 0 fully saturated rings. The van der Waals surface area contributed by atoms with Crippen molar-refractivity contribution in [1.82, 2.24) is 9.55 Å². The van der Waals surface area contributed by atoms with Gasteiger partial charge in [0.1, 0.15) is 0 Å². The molecule has 2 aromatic heterocycles. The van der Waals surface area contributed by atoms with E-state index in [-0.39, 0.29) is 0 Å². The molecular weight excluding hydrogens is 260 g/mol. The molecule has 1 atom stereocenters. The van der Waals surface area contributed by atoms with Crippen LogP contribution >= 0.6 is 0 Å². The number of aromatic nitrogens is 2. The number of hydrogen-bond donors (Lipinski definition) is 1. The molecule has 1 N–H and O–H groups in total. The molecule has 3 heteroatoms. The van der Waals surface area contributed by atoms with E-state index in [2.05, 4.69) is 37.0 Å². The number of pyridine rings is 1. The Kier molecular flexibility index (Phi) is 3.42. The molecule has 3 nitrogen and oxygen atoms in total. The van der Waals surface area contributed by atoms with Crippen molar-refractivity contribution < 1.29 is 5.11 Å². The first kappa shape index (κ1) is 13.7. The Balaban J connectivity index is 2.21. The van der Waals surface area contributed by atoms with Crippen LogP contribution in [0.3, 0.4) is 0 Å². The molecule has 0 bridgehead atoms. The molecule has 3 rings (SSSR count). The lowest BCUT2D eigenvalue weighted by Gasteiger charge is -2.11. The van der Waals surface area contributed by atoms with E-state index in [0.717, 1.165) is 33.9 Å². The van der Waals surface area contributed by atoms with E-state index in [1.165, 1.54) is 0 Å². The largest absolute Gasteiger partial charge is 0.494 e. The summed E-state index contributed by atoms with van der Waals surface area (Å²) in [6.45, 7) is 6.29. The topological polar surface area (TPSA) is 38.0 Å². The minimum Gasteiger partial charge on any atom is -0.494 e. The Morgan fingerprint density at radius 3 is 2.76 bits per heavy atom. The highest BCUT2D eigenvalue weighted by atomic mass is 16.3. The summed E-state index contributed by atoms with van der Waals surface area (Å²) in [6, 6.07) is 8.52. The molecule has 0 aliphatic heterocycles. The molecule has 1 aromatic carbocycles. The highest BCUT2D eigenvalue weighted by Gasteiger charge is 2.15. The van der Waals surface area contributed by atoms with Crippen molar-refractivity contribution in [3.05, 3.63) is 48.4 Å². The average molecular weight is 280 g/mol. The van der Waals surface area contributed by atoms with Crippen molar-refractivity contribution in [3.63, 3.8) is 0 Å². The Bertz CT molecular complexity index is 775. The summed E-state index contributed by atoms with van der Waals surface area (Å²) >= 11 is 0. The Hall–Kier alpha value is -2.29. The lowest BCUT2D eigenvalue weighted by Crippen LogP contribution is -2.00. The third-order valence-electron chi connectivity index (χ3n) is 4.17. The first-order valence-corrected chi connectivity index (χ1v) is 7.36. The SMILES string of the molecule is CCC(C)n1cc2cc(-c3cccnc3)cc(C)c2c1O. The lowest BCUT2D eigenvalue weighted by molar-refractivity contribution is 0.391.